The van der Waals surface area contributed by atoms with Gasteiger partial charge in [0, 0.05) is 12.2 Å². The topological polar surface area (TPSA) is 45.0 Å². The molecule has 1 N–H and O–H groups in total. The van der Waals surface area contributed by atoms with Crippen molar-refractivity contribution in [1.82, 2.24) is 0 Å². The van der Waals surface area contributed by atoms with E-state index in [0.29, 0.717) is 0 Å². The molecule has 0 saturated heterocycles. The van der Waals surface area contributed by atoms with Crippen LogP contribution in [0, 0.1) is 11.3 Å². The molecular formula is C12H10F6N2O. The minimum atomic E-state index is -4.68. The molecule has 0 radical (unpaired) electrons. The van der Waals surface area contributed by atoms with Crippen LogP contribution in [0.5, 0.6) is 0 Å². The maximum absolute atomic E-state index is 12.7. The molecule has 9 heteroatoms. The zero-order valence-electron chi connectivity index (χ0n) is 10.5. The highest BCUT2D eigenvalue weighted by Gasteiger charge is 2.33. The number of ether oxygens (including phenoxy) is 1. The van der Waals surface area contributed by atoms with Crippen LogP contribution in [-0.4, -0.2) is 25.9 Å². The maximum Gasteiger partial charge on any atom is 0.417 e. The van der Waals surface area contributed by atoms with Gasteiger partial charge in [-0.3, -0.25) is 0 Å². The first-order chi connectivity index (χ1) is 9.63. The summed E-state index contributed by atoms with van der Waals surface area (Å²) in [7, 11) is 0. The van der Waals surface area contributed by atoms with Crippen LogP contribution in [0.4, 0.5) is 32.0 Å². The molecule has 0 fully saturated rings. The molecule has 0 aliphatic rings. The molecule has 0 bridgehead atoms. The minimum absolute atomic E-state index is 0.0388. The molecule has 0 aromatic heterocycles. The fourth-order valence-corrected chi connectivity index (χ4v) is 1.44. The van der Waals surface area contributed by atoms with Crippen LogP contribution in [0.1, 0.15) is 11.1 Å². The van der Waals surface area contributed by atoms with Crippen LogP contribution < -0.4 is 5.32 Å². The van der Waals surface area contributed by atoms with E-state index >= 15 is 0 Å². The lowest BCUT2D eigenvalue weighted by Crippen LogP contribution is -2.20. The quantitative estimate of drug-likeness (QED) is 0.668. The number of alkyl halides is 6. The summed E-state index contributed by atoms with van der Waals surface area (Å²) in [5.41, 5.74) is -1.59. The number of hydrogen-bond acceptors (Lipinski definition) is 3. The lowest BCUT2D eigenvalue weighted by molar-refractivity contribution is -0.172. The van der Waals surface area contributed by atoms with Crippen molar-refractivity contribution >= 4 is 5.69 Å². The summed E-state index contributed by atoms with van der Waals surface area (Å²) >= 11 is 0. The van der Waals surface area contributed by atoms with E-state index in [2.05, 4.69) is 10.1 Å². The van der Waals surface area contributed by atoms with Gasteiger partial charge >= 0.3 is 12.4 Å². The lowest BCUT2D eigenvalue weighted by atomic mass is 10.1. The number of nitriles is 1. The molecule has 3 nitrogen and oxygen atoms in total. The lowest BCUT2D eigenvalue weighted by Gasteiger charge is -2.12. The molecule has 1 aromatic rings. The van der Waals surface area contributed by atoms with E-state index in [1.54, 1.807) is 0 Å². The highest BCUT2D eigenvalue weighted by molar-refractivity contribution is 5.53. The van der Waals surface area contributed by atoms with E-state index in [1.165, 1.54) is 12.1 Å². The third-order valence-electron chi connectivity index (χ3n) is 2.29. The van der Waals surface area contributed by atoms with Gasteiger partial charge in [0.05, 0.1) is 23.8 Å². The Morgan fingerprint density at radius 2 is 1.81 bits per heavy atom. The Labute approximate surface area is 116 Å². The molecule has 0 saturated carbocycles. The maximum atomic E-state index is 12.7. The van der Waals surface area contributed by atoms with Gasteiger partial charge in [0.15, 0.2) is 0 Å². The SMILES string of the molecule is N#Cc1ccc(NCCOCC(F)(F)F)cc1C(F)(F)F. The second-order valence-corrected chi connectivity index (χ2v) is 3.96. The van der Waals surface area contributed by atoms with Crippen LogP contribution >= 0.6 is 0 Å². The molecule has 116 valence electrons. The molecule has 0 aliphatic heterocycles. The summed E-state index contributed by atoms with van der Waals surface area (Å²) in [6.07, 6.45) is -9.13. The molecule has 0 heterocycles. The summed E-state index contributed by atoms with van der Waals surface area (Å²) in [5, 5.41) is 11.1. The van der Waals surface area contributed by atoms with Gasteiger partial charge in [-0.25, -0.2) is 0 Å². The van der Waals surface area contributed by atoms with Crippen molar-refractivity contribution in [3.05, 3.63) is 29.3 Å². The van der Waals surface area contributed by atoms with E-state index < -0.39 is 30.1 Å². The minimum Gasteiger partial charge on any atom is -0.383 e. The fraction of sp³-hybridized carbons (Fsp3) is 0.417. The van der Waals surface area contributed by atoms with Crippen molar-refractivity contribution in [2.75, 3.05) is 25.1 Å². The number of benzene rings is 1. The molecule has 0 atom stereocenters. The van der Waals surface area contributed by atoms with Crippen molar-refractivity contribution in [2.45, 2.75) is 12.4 Å². The van der Waals surface area contributed by atoms with E-state index in [1.807, 2.05) is 0 Å². The number of halogens is 6. The first kappa shape index (κ1) is 17.1. The molecule has 21 heavy (non-hydrogen) atoms. The number of nitrogens with zero attached hydrogens (tertiary/aromatic N) is 1. The second kappa shape index (κ2) is 6.67. The van der Waals surface area contributed by atoms with E-state index in [0.717, 1.165) is 12.1 Å². The average molecular weight is 312 g/mol. The average Bonchev–Trinajstić information content (AvgIpc) is 2.35. The molecule has 1 aromatic carbocycles. The van der Waals surface area contributed by atoms with E-state index in [9.17, 15) is 26.3 Å². The smallest absolute Gasteiger partial charge is 0.383 e. The van der Waals surface area contributed by atoms with Gasteiger partial charge in [-0.2, -0.15) is 31.6 Å². The predicted molar refractivity (Wildman–Crippen MR) is 61.5 cm³/mol. The predicted octanol–water partition coefficient (Wildman–Crippen LogP) is 3.57. The van der Waals surface area contributed by atoms with Gasteiger partial charge in [0.2, 0.25) is 0 Å². The van der Waals surface area contributed by atoms with Crippen molar-refractivity contribution in [3.8, 4) is 6.07 Å². The zero-order valence-corrected chi connectivity index (χ0v) is 10.5. The normalized spacial score (nSPS) is 12.0. The van der Waals surface area contributed by atoms with Gasteiger partial charge in [0.25, 0.3) is 0 Å². The third kappa shape index (κ3) is 5.91. The summed E-state index contributed by atoms with van der Waals surface area (Å²) in [6, 6.07) is 4.37. The Morgan fingerprint density at radius 1 is 1.14 bits per heavy atom. The largest absolute Gasteiger partial charge is 0.417 e. The van der Waals surface area contributed by atoms with Gasteiger partial charge < -0.3 is 10.1 Å². The summed E-state index contributed by atoms with van der Waals surface area (Å²) < 4.78 is 77.6. The van der Waals surface area contributed by atoms with Gasteiger partial charge in [-0.05, 0) is 18.2 Å². The second-order valence-electron chi connectivity index (χ2n) is 3.96. The van der Waals surface area contributed by atoms with Gasteiger partial charge in [-0.1, -0.05) is 0 Å². The first-order valence-electron chi connectivity index (χ1n) is 5.63. The standard InChI is InChI=1S/C12H10F6N2O/c13-11(14,15)7-21-4-3-20-9-2-1-8(6-19)10(5-9)12(16,17)18/h1-2,5,20H,3-4,7H2. The Hall–Kier alpha value is -1.95. The molecule has 0 amide bonds. The van der Waals surface area contributed by atoms with Crippen molar-refractivity contribution in [3.63, 3.8) is 0 Å². The summed E-state index contributed by atoms with van der Waals surface area (Å²) in [6.45, 7) is -1.84. The Balaban J connectivity index is 2.60. The fourth-order valence-electron chi connectivity index (χ4n) is 1.44. The molecular weight excluding hydrogens is 302 g/mol. The zero-order chi connectivity index (χ0) is 16.1. The van der Waals surface area contributed by atoms with Crippen molar-refractivity contribution in [2.24, 2.45) is 0 Å². The van der Waals surface area contributed by atoms with Crippen molar-refractivity contribution < 1.29 is 31.1 Å². The number of rotatable bonds is 5. The number of nitrogens with one attached hydrogen (secondary N) is 1. The number of anilines is 1. The Bertz CT molecular complexity index is 518. The highest BCUT2D eigenvalue weighted by atomic mass is 19.4. The van der Waals surface area contributed by atoms with Crippen LogP contribution in [0.3, 0.4) is 0 Å². The van der Waals surface area contributed by atoms with Crippen LogP contribution in [0.2, 0.25) is 0 Å². The monoisotopic (exact) mass is 312 g/mol. The van der Waals surface area contributed by atoms with Gasteiger partial charge in [-0.15, -0.1) is 0 Å². The van der Waals surface area contributed by atoms with Crippen molar-refractivity contribution in [1.29, 1.82) is 5.26 Å². The molecule has 0 aliphatic carbocycles. The molecule has 0 unspecified atom stereocenters. The Kier molecular flexibility index (Phi) is 5.43. The van der Waals surface area contributed by atoms with E-state index in [-0.39, 0.29) is 18.8 Å². The molecule has 0 spiro atoms. The van der Waals surface area contributed by atoms with Gasteiger partial charge in [0.1, 0.15) is 6.61 Å². The summed E-state index contributed by atoms with van der Waals surface area (Å²) in [5.74, 6) is 0. The van der Waals surface area contributed by atoms with Crippen LogP contribution in [-0.2, 0) is 10.9 Å². The first-order valence-corrected chi connectivity index (χ1v) is 5.63. The number of hydrogen-bond donors (Lipinski definition) is 1. The summed E-state index contributed by atoms with van der Waals surface area (Å²) in [4.78, 5) is 0. The van der Waals surface area contributed by atoms with E-state index in [4.69, 9.17) is 5.26 Å². The highest BCUT2D eigenvalue weighted by Crippen LogP contribution is 2.33. The third-order valence-corrected chi connectivity index (χ3v) is 2.29. The van der Waals surface area contributed by atoms with Crippen LogP contribution in [0.15, 0.2) is 18.2 Å². The van der Waals surface area contributed by atoms with Crippen LogP contribution in [0.25, 0.3) is 0 Å². The Morgan fingerprint density at radius 3 is 2.33 bits per heavy atom. The molecule has 1 rings (SSSR count).